The minimum Gasteiger partial charge on any atom is -0.464 e. The molecule has 104 valence electrons. The molecule has 1 fully saturated rings. The van der Waals surface area contributed by atoms with Crippen LogP contribution in [-0.4, -0.2) is 58.5 Å². The van der Waals surface area contributed by atoms with Gasteiger partial charge in [-0.15, -0.1) is 0 Å². The van der Waals surface area contributed by atoms with Gasteiger partial charge in [-0.2, -0.15) is 15.0 Å². The minimum atomic E-state index is 0.0878. The van der Waals surface area contributed by atoms with Crippen LogP contribution in [-0.2, 0) is 4.79 Å². The van der Waals surface area contributed by atoms with Gasteiger partial charge in [-0.3, -0.25) is 4.79 Å². The van der Waals surface area contributed by atoms with Gasteiger partial charge in [0, 0.05) is 33.1 Å². The molecular formula is C11H18N6O2. The number of anilines is 2. The molecule has 0 aromatic carbocycles. The largest absolute Gasteiger partial charge is 0.464 e. The van der Waals surface area contributed by atoms with Gasteiger partial charge in [-0.1, -0.05) is 0 Å². The SMILES string of the molecule is CCOc1nc(N)nc(N2CCN(C(C)=O)CC2)n1. The highest BCUT2D eigenvalue weighted by Crippen LogP contribution is 2.15. The molecule has 1 aromatic heterocycles. The summed E-state index contributed by atoms with van der Waals surface area (Å²) in [4.78, 5) is 27.3. The number of aromatic nitrogens is 3. The van der Waals surface area contributed by atoms with Gasteiger partial charge in [0.1, 0.15) is 0 Å². The van der Waals surface area contributed by atoms with Crippen LogP contribution in [0.2, 0.25) is 0 Å². The van der Waals surface area contributed by atoms with Crippen LogP contribution in [0.4, 0.5) is 11.9 Å². The van der Waals surface area contributed by atoms with Gasteiger partial charge in [-0.05, 0) is 6.92 Å². The summed E-state index contributed by atoms with van der Waals surface area (Å²) < 4.78 is 5.24. The number of hydrogen-bond acceptors (Lipinski definition) is 7. The molecule has 0 unspecified atom stereocenters. The molecule has 0 saturated carbocycles. The molecule has 8 nitrogen and oxygen atoms in total. The number of hydrogen-bond donors (Lipinski definition) is 1. The van der Waals surface area contributed by atoms with Crippen molar-refractivity contribution < 1.29 is 9.53 Å². The van der Waals surface area contributed by atoms with Gasteiger partial charge in [0.15, 0.2) is 0 Å². The molecule has 8 heteroatoms. The molecule has 19 heavy (non-hydrogen) atoms. The molecule has 0 spiro atoms. The van der Waals surface area contributed by atoms with Crippen LogP contribution in [0.3, 0.4) is 0 Å². The zero-order chi connectivity index (χ0) is 13.8. The monoisotopic (exact) mass is 266 g/mol. The van der Waals surface area contributed by atoms with Gasteiger partial charge in [-0.25, -0.2) is 0 Å². The van der Waals surface area contributed by atoms with Crippen molar-refractivity contribution in [1.82, 2.24) is 19.9 Å². The van der Waals surface area contributed by atoms with Crippen molar-refractivity contribution >= 4 is 17.8 Å². The number of carbonyl (C=O) groups excluding carboxylic acids is 1. The van der Waals surface area contributed by atoms with E-state index in [0.29, 0.717) is 38.7 Å². The van der Waals surface area contributed by atoms with Crippen molar-refractivity contribution in [2.45, 2.75) is 13.8 Å². The average molecular weight is 266 g/mol. The van der Waals surface area contributed by atoms with Crippen LogP contribution in [0.5, 0.6) is 6.01 Å². The fourth-order valence-corrected chi connectivity index (χ4v) is 1.92. The summed E-state index contributed by atoms with van der Waals surface area (Å²) in [5, 5.41) is 0. The number of piperazine rings is 1. The summed E-state index contributed by atoms with van der Waals surface area (Å²) >= 11 is 0. The Balaban J connectivity index is 2.08. The number of ether oxygens (including phenoxy) is 1. The van der Waals surface area contributed by atoms with Gasteiger partial charge in [0.2, 0.25) is 17.8 Å². The zero-order valence-electron chi connectivity index (χ0n) is 11.2. The predicted molar refractivity (Wildman–Crippen MR) is 69.9 cm³/mol. The number of nitrogen functional groups attached to an aromatic ring is 1. The minimum absolute atomic E-state index is 0.0878. The van der Waals surface area contributed by atoms with Crippen molar-refractivity contribution in [2.75, 3.05) is 43.4 Å². The normalized spacial score (nSPS) is 15.5. The van der Waals surface area contributed by atoms with Crippen LogP contribution < -0.4 is 15.4 Å². The summed E-state index contributed by atoms with van der Waals surface area (Å²) in [6, 6.07) is 0.235. The third-order valence-electron chi connectivity index (χ3n) is 2.90. The Kier molecular flexibility index (Phi) is 3.98. The highest BCUT2D eigenvalue weighted by molar-refractivity contribution is 5.73. The Morgan fingerprint density at radius 2 is 1.95 bits per heavy atom. The smallest absolute Gasteiger partial charge is 0.323 e. The van der Waals surface area contributed by atoms with Crippen LogP contribution in [0.15, 0.2) is 0 Å². The average Bonchev–Trinajstić information content (AvgIpc) is 2.38. The topological polar surface area (TPSA) is 97.5 Å². The Hall–Kier alpha value is -2.12. The lowest BCUT2D eigenvalue weighted by Gasteiger charge is -2.34. The Morgan fingerprint density at radius 3 is 2.53 bits per heavy atom. The third kappa shape index (κ3) is 3.21. The van der Waals surface area contributed by atoms with E-state index in [9.17, 15) is 4.79 Å². The van der Waals surface area contributed by atoms with E-state index in [-0.39, 0.29) is 17.9 Å². The Bertz CT molecular complexity index is 458. The molecule has 2 N–H and O–H groups in total. The number of amides is 1. The predicted octanol–water partition coefficient (Wildman–Crippen LogP) is -0.479. The molecule has 0 atom stereocenters. The van der Waals surface area contributed by atoms with Crippen LogP contribution in [0.25, 0.3) is 0 Å². The van der Waals surface area contributed by atoms with E-state index in [2.05, 4.69) is 15.0 Å². The number of carbonyl (C=O) groups is 1. The zero-order valence-corrected chi connectivity index (χ0v) is 11.2. The van der Waals surface area contributed by atoms with Gasteiger partial charge in [0.25, 0.3) is 0 Å². The molecule has 0 bridgehead atoms. The summed E-state index contributed by atoms with van der Waals surface area (Å²) in [7, 11) is 0. The summed E-state index contributed by atoms with van der Waals surface area (Å²) in [6.45, 7) is 6.56. The molecule has 1 amide bonds. The van der Waals surface area contributed by atoms with Crippen molar-refractivity contribution in [1.29, 1.82) is 0 Å². The van der Waals surface area contributed by atoms with Crippen molar-refractivity contribution in [3.8, 4) is 6.01 Å². The van der Waals surface area contributed by atoms with E-state index >= 15 is 0 Å². The molecule has 2 rings (SSSR count). The lowest BCUT2D eigenvalue weighted by atomic mass is 10.3. The van der Waals surface area contributed by atoms with E-state index in [1.54, 1.807) is 11.8 Å². The number of nitrogens with two attached hydrogens (primary N) is 1. The van der Waals surface area contributed by atoms with E-state index in [0.717, 1.165) is 0 Å². The molecule has 1 saturated heterocycles. The molecule has 2 heterocycles. The fraction of sp³-hybridized carbons (Fsp3) is 0.636. The maximum atomic E-state index is 11.3. The summed E-state index contributed by atoms with van der Waals surface area (Å²) in [6.07, 6.45) is 0. The highest BCUT2D eigenvalue weighted by atomic mass is 16.5. The number of nitrogens with zero attached hydrogens (tertiary/aromatic N) is 5. The summed E-state index contributed by atoms with van der Waals surface area (Å²) in [5.41, 5.74) is 5.64. The molecule has 1 aromatic rings. The first kappa shape index (κ1) is 13.3. The van der Waals surface area contributed by atoms with E-state index in [4.69, 9.17) is 10.5 Å². The first-order valence-corrected chi connectivity index (χ1v) is 6.25. The van der Waals surface area contributed by atoms with Crippen molar-refractivity contribution in [3.63, 3.8) is 0 Å². The second-order valence-electron chi connectivity index (χ2n) is 4.20. The highest BCUT2D eigenvalue weighted by Gasteiger charge is 2.21. The molecule has 1 aliphatic rings. The number of rotatable bonds is 3. The van der Waals surface area contributed by atoms with Crippen molar-refractivity contribution in [3.05, 3.63) is 0 Å². The third-order valence-corrected chi connectivity index (χ3v) is 2.90. The standard InChI is InChI=1S/C11H18N6O2/c1-3-19-11-14-9(12)13-10(15-11)17-6-4-16(5-7-17)8(2)18/h3-7H2,1-2H3,(H2,12,13,14,15). The van der Waals surface area contributed by atoms with Gasteiger partial charge in [0.05, 0.1) is 6.61 Å². The van der Waals surface area contributed by atoms with E-state index in [1.807, 2.05) is 11.8 Å². The quantitative estimate of drug-likeness (QED) is 0.789. The first-order valence-electron chi connectivity index (χ1n) is 6.25. The van der Waals surface area contributed by atoms with E-state index in [1.165, 1.54) is 0 Å². The second kappa shape index (κ2) is 5.68. The first-order chi connectivity index (χ1) is 9.10. The van der Waals surface area contributed by atoms with Crippen LogP contribution in [0.1, 0.15) is 13.8 Å². The van der Waals surface area contributed by atoms with Crippen molar-refractivity contribution in [2.24, 2.45) is 0 Å². The van der Waals surface area contributed by atoms with E-state index < -0.39 is 0 Å². The van der Waals surface area contributed by atoms with Crippen LogP contribution in [0, 0.1) is 0 Å². The van der Waals surface area contributed by atoms with Crippen LogP contribution >= 0.6 is 0 Å². The Labute approximate surface area is 111 Å². The molecule has 0 radical (unpaired) electrons. The van der Waals surface area contributed by atoms with Gasteiger partial charge < -0.3 is 20.3 Å². The molecule has 0 aliphatic carbocycles. The lowest BCUT2D eigenvalue weighted by molar-refractivity contribution is -0.129. The molecule has 1 aliphatic heterocycles. The molecular weight excluding hydrogens is 248 g/mol. The lowest BCUT2D eigenvalue weighted by Crippen LogP contribution is -2.48. The second-order valence-corrected chi connectivity index (χ2v) is 4.20. The maximum absolute atomic E-state index is 11.3. The maximum Gasteiger partial charge on any atom is 0.323 e. The summed E-state index contributed by atoms with van der Waals surface area (Å²) in [5.74, 6) is 0.728. The Morgan fingerprint density at radius 1 is 1.26 bits per heavy atom. The fourth-order valence-electron chi connectivity index (χ4n) is 1.92. The van der Waals surface area contributed by atoms with Gasteiger partial charge >= 0.3 is 6.01 Å².